The summed E-state index contributed by atoms with van der Waals surface area (Å²) in [6, 6.07) is 7.29. The summed E-state index contributed by atoms with van der Waals surface area (Å²) in [7, 11) is -3.73. The summed E-state index contributed by atoms with van der Waals surface area (Å²) in [6.45, 7) is 3.60. The van der Waals surface area contributed by atoms with Crippen LogP contribution < -0.4 is 19.8 Å². The van der Waals surface area contributed by atoms with Gasteiger partial charge in [0.15, 0.2) is 5.82 Å². The standard InChI is InChI=1S/C28H35F2N7O3S/c1-19-14-23(32-24(15-19)37-10-6-28(29,30)7-11-37)33-26-25-20(18-31-34-26)16-21(35-41(39,40)13-12-38)17-22(25)36-8-4-27(2-3-27)5-9-36/h14-18,35,38H,2-13H2,1H3,(H,32,33,34). The van der Waals surface area contributed by atoms with Crippen LogP contribution in [0.3, 0.4) is 0 Å². The Kier molecular flexibility index (Phi) is 7.13. The van der Waals surface area contributed by atoms with Gasteiger partial charge in [0.25, 0.3) is 5.92 Å². The molecule has 1 spiro atoms. The Hall–Kier alpha value is -3.32. The van der Waals surface area contributed by atoms with E-state index < -0.39 is 28.3 Å². The van der Waals surface area contributed by atoms with Crippen molar-refractivity contribution in [2.24, 2.45) is 5.41 Å². The predicted molar refractivity (Wildman–Crippen MR) is 156 cm³/mol. The average Bonchev–Trinajstić information content (AvgIpc) is 3.66. The summed E-state index contributed by atoms with van der Waals surface area (Å²) in [6.07, 6.45) is 5.87. The van der Waals surface area contributed by atoms with Crippen molar-refractivity contribution >= 4 is 49.6 Å². The largest absolute Gasteiger partial charge is 0.395 e. The summed E-state index contributed by atoms with van der Waals surface area (Å²) < 4.78 is 55.1. The van der Waals surface area contributed by atoms with Crippen molar-refractivity contribution in [1.29, 1.82) is 0 Å². The molecule has 2 saturated heterocycles. The van der Waals surface area contributed by atoms with E-state index in [-0.39, 0.29) is 25.9 Å². The molecule has 0 bridgehead atoms. The van der Waals surface area contributed by atoms with Crippen LogP contribution in [0.5, 0.6) is 0 Å². The highest BCUT2D eigenvalue weighted by atomic mass is 32.2. The monoisotopic (exact) mass is 587 g/mol. The molecule has 6 rings (SSSR count). The van der Waals surface area contributed by atoms with E-state index in [2.05, 4.69) is 25.1 Å². The molecule has 0 unspecified atom stereocenters. The van der Waals surface area contributed by atoms with Gasteiger partial charge >= 0.3 is 0 Å². The number of anilines is 5. The molecule has 0 atom stereocenters. The van der Waals surface area contributed by atoms with Gasteiger partial charge in [-0.25, -0.2) is 22.2 Å². The summed E-state index contributed by atoms with van der Waals surface area (Å²) in [5, 5.41) is 22.6. The zero-order valence-corrected chi connectivity index (χ0v) is 23.9. The molecule has 3 N–H and O–H groups in total. The van der Waals surface area contributed by atoms with Crippen molar-refractivity contribution < 1.29 is 22.3 Å². The number of pyridine rings is 1. The molecule has 4 heterocycles. The fourth-order valence-corrected chi connectivity index (χ4v) is 6.73. The molecular formula is C28H35F2N7O3S. The van der Waals surface area contributed by atoms with Gasteiger partial charge in [-0.3, -0.25) is 4.72 Å². The molecule has 0 amide bonds. The Morgan fingerprint density at radius 2 is 1.68 bits per heavy atom. The van der Waals surface area contributed by atoms with Crippen LogP contribution in [0.1, 0.15) is 44.1 Å². The number of halogens is 2. The molecule has 2 aromatic heterocycles. The first kappa shape index (κ1) is 27.8. The third kappa shape index (κ3) is 6.15. The second-order valence-corrected chi connectivity index (χ2v) is 13.5. The Balaban J connectivity index is 1.36. The molecule has 13 heteroatoms. The second-order valence-electron chi connectivity index (χ2n) is 11.6. The summed E-state index contributed by atoms with van der Waals surface area (Å²) >= 11 is 0. The van der Waals surface area contributed by atoms with Gasteiger partial charge in [-0.2, -0.15) is 5.10 Å². The lowest BCUT2D eigenvalue weighted by molar-refractivity contribution is -0.0221. The van der Waals surface area contributed by atoms with Crippen LogP contribution in [-0.4, -0.2) is 73.2 Å². The van der Waals surface area contributed by atoms with Gasteiger partial charge in [-0.15, -0.1) is 5.10 Å². The van der Waals surface area contributed by atoms with Gasteiger partial charge in [0, 0.05) is 44.4 Å². The highest BCUT2D eigenvalue weighted by molar-refractivity contribution is 7.92. The number of sulfonamides is 1. The van der Waals surface area contributed by atoms with E-state index in [1.54, 1.807) is 12.3 Å². The van der Waals surface area contributed by atoms with Crippen molar-refractivity contribution in [2.45, 2.75) is 51.4 Å². The molecule has 220 valence electrons. The number of alkyl halides is 2. The first-order valence-electron chi connectivity index (χ1n) is 14.1. The van der Waals surface area contributed by atoms with Crippen LogP contribution in [-0.2, 0) is 10.0 Å². The zero-order chi connectivity index (χ0) is 28.8. The molecular weight excluding hydrogens is 552 g/mol. The van der Waals surface area contributed by atoms with Gasteiger partial charge in [-0.05, 0) is 67.9 Å². The first-order valence-corrected chi connectivity index (χ1v) is 15.7. The maximum absolute atomic E-state index is 13.8. The number of nitrogens with zero attached hydrogens (tertiary/aromatic N) is 5. The average molecular weight is 588 g/mol. The van der Waals surface area contributed by atoms with E-state index in [1.807, 2.05) is 30.0 Å². The van der Waals surface area contributed by atoms with Gasteiger partial charge < -0.3 is 20.2 Å². The van der Waals surface area contributed by atoms with E-state index in [0.717, 1.165) is 42.6 Å². The third-order valence-electron chi connectivity index (χ3n) is 8.52. The molecule has 3 fully saturated rings. The Morgan fingerprint density at radius 1 is 0.976 bits per heavy atom. The van der Waals surface area contributed by atoms with Crippen LogP contribution in [0, 0.1) is 12.3 Å². The SMILES string of the molecule is Cc1cc(Nc2nncc3cc(NS(=O)(=O)CCO)cc(N4CCC5(CC4)CC5)c23)nc(N2CCC(F)(F)CC2)c1. The van der Waals surface area contributed by atoms with E-state index in [1.165, 1.54) is 12.8 Å². The number of aliphatic hydroxyl groups excluding tert-OH is 1. The number of fused-ring (bicyclic) bond motifs is 1. The zero-order valence-electron chi connectivity index (χ0n) is 23.0. The maximum atomic E-state index is 13.8. The van der Waals surface area contributed by atoms with Crippen LogP contribution in [0.25, 0.3) is 10.8 Å². The van der Waals surface area contributed by atoms with Gasteiger partial charge in [-0.1, -0.05) is 0 Å². The Morgan fingerprint density at radius 3 is 2.37 bits per heavy atom. The normalized spacial score (nSPS) is 19.9. The maximum Gasteiger partial charge on any atom is 0.251 e. The number of nitrogens with one attached hydrogen (secondary N) is 2. The van der Waals surface area contributed by atoms with Crippen LogP contribution in [0.4, 0.5) is 37.6 Å². The summed E-state index contributed by atoms with van der Waals surface area (Å²) in [5.74, 6) is -1.42. The number of piperidine rings is 2. The Labute approximate surface area is 238 Å². The van der Waals surface area contributed by atoms with Gasteiger partial charge in [0.05, 0.1) is 35.3 Å². The Bertz CT molecular complexity index is 1550. The molecule has 1 aliphatic carbocycles. The molecule has 0 radical (unpaired) electrons. The van der Waals surface area contributed by atoms with Crippen molar-refractivity contribution in [1.82, 2.24) is 15.2 Å². The predicted octanol–water partition coefficient (Wildman–Crippen LogP) is 4.43. The number of aliphatic hydroxyl groups is 1. The van der Waals surface area contributed by atoms with Crippen LogP contribution in [0.15, 0.2) is 30.5 Å². The van der Waals surface area contributed by atoms with E-state index in [4.69, 9.17) is 4.98 Å². The fourth-order valence-electron chi connectivity index (χ4n) is 5.91. The molecule has 10 nitrogen and oxygen atoms in total. The minimum absolute atomic E-state index is 0.203. The lowest BCUT2D eigenvalue weighted by Gasteiger charge is -2.35. The molecule has 3 aliphatic rings. The smallest absolute Gasteiger partial charge is 0.251 e. The van der Waals surface area contributed by atoms with Crippen molar-refractivity contribution in [3.05, 3.63) is 36.0 Å². The summed E-state index contributed by atoms with van der Waals surface area (Å²) in [5.41, 5.74) is 2.61. The van der Waals surface area contributed by atoms with Crippen LogP contribution in [0.2, 0.25) is 0 Å². The molecule has 1 aromatic carbocycles. The lowest BCUT2D eigenvalue weighted by Crippen LogP contribution is -2.39. The number of hydrogen-bond acceptors (Lipinski definition) is 9. The molecule has 1 saturated carbocycles. The molecule has 2 aliphatic heterocycles. The van der Waals surface area contributed by atoms with Crippen LogP contribution >= 0.6 is 0 Å². The number of hydrogen-bond donors (Lipinski definition) is 3. The van der Waals surface area contributed by atoms with Gasteiger partial charge in [0.1, 0.15) is 11.6 Å². The van der Waals surface area contributed by atoms with Crippen molar-refractivity contribution in [2.75, 3.05) is 58.4 Å². The molecule has 41 heavy (non-hydrogen) atoms. The highest BCUT2D eigenvalue weighted by Crippen LogP contribution is 2.54. The minimum atomic E-state index is -3.73. The molecule has 3 aromatic rings. The first-order chi connectivity index (χ1) is 19.5. The quantitative estimate of drug-likeness (QED) is 0.351. The van der Waals surface area contributed by atoms with Crippen molar-refractivity contribution in [3.63, 3.8) is 0 Å². The summed E-state index contributed by atoms with van der Waals surface area (Å²) in [4.78, 5) is 8.88. The number of aryl methyl sites for hydroxylation is 1. The highest BCUT2D eigenvalue weighted by Gasteiger charge is 2.44. The number of aromatic nitrogens is 3. The van der Waals surface area contributed by atoms with E-state index in [9.17, 15) is 22.3 Å². The van der Waals surface area contributed by atoms with E-state index in [0.29, 0.717) is 33.9 Å². The third-order valence-corrected chi connectivity index (χ3v) is 9.78. The van der Waals surface area contributed by atoms with Gasteiger partial charge in [0.2, 0.25) is 10.0 Å². The second kappa shape index (κ2) is 10.5. The number of rotatable bonds is 8. The fraction of sp³-hybridized carbons (Fsp3) is 0.536. The lowest BCUT2D eigenvalue weighted by atomic mass is 9.93. The number of benzene rings is 1. The topological polar surface area (TPSA) is 124 Å². The van der Waals surface area contributed by atoms with E-state index >= 15 is 0 Å². The minimum Gasteiger partial charge on any atom is -0.395 e. The van der Waals surface area contributed by atoms with Crippen molar-refractivity contribution in [3.8, 4) is 0 Å².